The smallest absolute Gasteiger partial charge is 0.256 e. The van der Waals surface area contributed by atoms with Crippen LogP contribution in [0, 0.1) is 35.2 Å². The highest BCUT2D eigenvalue weighted by molar-refractivity contribution is 6.33. The zero-order valence-corrected chi connectivity index (χ0v) is 24.4. The Morgan fingerprint density at radius 1 is 1.12 bits per heavy atom. The van der Waals surface area contributed by atoms with E-state index in [4.69, 9.17) is 27.9 Å². The van der Waals surface area contributed by atoms with E-state index in [1.165, 1.54) is 0 Å². The average Bonchev–Trinajstić information content (AvgIpc) is 3.20. The monoisotopic (exact) mass is 557 g/mol. The molecule has 1 saturated carbocycles. The number of likely N-dealkylation sites (tertiary alicyclic amines) is 1. The number of pyridine rings is 1. The second-order valence-corrected chi connectivity index (χ2v) is 13.2. The molecule has 4 heterocycles. The number of nitrogens with zero attached hydrogens (tertiary/aromatic N) is 4. The normalized spacial score (nSPS) is 25.7. The van der Waals surface area contributed by atoms with Crippen LogP contribution in [0.15, 0.2) is 30.3 Å². The Kier molecular flexibility index (Phi) is 6.82. The van der Waals surface area contributed by atoms with Crippen molar-refractivity contribution < 1.29 is 9.53 Å². The van der Waals surface area contributed by atoms with E-state index in [1.807, 2.05) is 17.0 Å². The predicted octanol–water partition coefficient (Wildman–Crippen LogP) is 5.16. The zero-order valence-electron chi connectivity index (χ0n) is 23.6. The lowest BCUT2D eigenvalue weighted by Gasteiger charge is -2.65. The van der Waals surface area contributed by atoms with Crippen LogP contribution >= 0.6 is 11.6 Å². The number of hydrogen-bond acceptors (Lipinski definition) is 5. The van der Waals surface area contributed by atoms with Gasteiger partial charge in [0.2, 0.25) is 5.69 Å². The number of carbonyl (C=O) groups excluding carboxylic acids is 1. The van der Waals surface area contributed by atoms with Gasteiger partial charge < -0.3 is 15.0 Å². The Hall–Kier alpha value is -3.10. The Bertz CT molecular complexity index is 1420. The summed E-state index contributed by atoms with van der Waals surface area (Å²) in [5.41, 5.74) is 2.01. The first-order valence-corrected chi connectivity index (χ1v) is 14.6. The number of amides is 1. The van der Waals surface area contributed by atoms with Gasteiger partial charge in [-0.25, -0.2) is 9.83 Å². The maximum absolute atomic E-state index is 13.6. The lowest BCUT2D eigenvalue weighted by Crippen LogP contribution is -2.74. The minimum atomic E-state index is -0.306. The maximum atomic E-state index is 13.6. The van der Waals surface area contributed by atoms with Crippen LogP contribution in [0.5, 0.6) is 5.75 Å². The highest BCUT2D eigenvalue weighted by Gasteiger charge is 2.67. The van der Waals surface area contributed by atoms with Crippen molar-refractivity contribution in [2.24, 2.45) is 16.7 Å². The number of piperidine rings is 1. The fourth-order valence-corrected chi connectivity index (χ4v) is 7.81. The fourth-order valence-electron chi connectivity index (χ4n) is 7.60. The number of ether oxygens (including phenoxy) is 1. The molecule has 1 aromatic heterocycles. The van der Waals surface area contributed by atoms with Gasteiger partial charge in [0.25, 0.3) is 5.91 Å². The van der Waals surface area contributed by atoms with E-state index in [0.29, 0.717) is 40.5 Å². The van der Waals surface area contributed by atoms with Gasteiger partial charge in [0, 0.05) is 41.9 Å². The topological polar surface area (TPSA) is 62.1 Å². The standard InChI is InChI=1S/C32H36ClN5O2/c1-31(2)29(32(3,4)30(31)40-23-9-11-26(34-5)25(33)16-23)38-19-27-24(28(38)39)10-8-21(36-27)7-6-20-12-14-37(15-13-20)22-17-35-18-22/h8-11,16,20,22,29-30,35H,12-15,17-19H2,1-4H3. The van der Waals surface area contributed by atoms with Crippen molar-refractivity contribution in [1.29, 1.82) is 0 Å². The van der Waals surface area contributed by atoms with Crippen molar-refractivity contribution >= 4 is 23.2 Å². The van der Waals surface area contributed by atoms with Crippen LogP contribution in [0.2, 0.25) is 5.02 Å². The van der Waals surface area contributed by atoms with E-state index in [9.17, 15) is 4.79 Å². The lowest BCUT2D eigenvalue weighted by atomic mass is 9.49. The Morgan fingerprint density at radius 3 is 2.48 bits per heavy atom. The summed E-state index contributed by atoms with van der Waals surface area (Å²) in [6.45, 7) is 20.8. The summed E-state index contributed by atoms with van der Waals surface area (Å²) in [4.78, 5) is 26.4. The minimum Gasteiger partial charge on any atom is -0.489 e. The first kappa shape index (κ1) is 27.1. The summed E-state index contributed by atoms with van der Waals surface area (Å²) in [6, 6.07) is 9.63. The van der Waals surface area contributed by atoms with Crippen molar-refractivity contribution in [3.8, 4) is 17.6 Å². The molecule has 1 amide bonds. The molecule has 2 aromatic rings. The molecule has 3 aliphatic heterocycles. The number of carbonyl (C=O) groups is 1. The van der Waals surface area contributed by atoms with E-state index in [1.54, 1.807) is 18.2 Å². The molecule has 3 fully saturated rings. The molecule has 1 aromatic carbocycles. The van der Waals surface area contributed by atoms with Crippen molar-refractivity contribution in [2.45, 2.75) is 65.3 Å². The Morgan fingerprint density at radius 2 is 1.85 bits per heavy atom. The predicted molar refractivity (Wildman–Crippen MR) is 155 cm³/mol. The quantitative estimate of drug-likeness (QED) is 0.416. The number of fused-ring (bicyclic) bond motifs is 1. The highest BCUT2D eigenvalue weighted by Crippen LogP contribution is 2.59. The largest absolute Gasteiger partial charge is 0.489 e. The molecule has 7 nitrogen and oxygen atoms in total. The molecule has 0 radical (unpaired) electrons. The van der Waals surface area contributed by atoms with Gasteiger partial charge in [0.05, 0.1) is 29.4 Å². The Labute approximate surface area is 242 Å². The number of rotatable bonds is 4. The molecular weight excluding hydrogens is 522 g/mol. The zero-order chi connectivity index (χ0) is 28.2. The van der Waals surface area contributed by atoms with Crippen molar-refractivity contribution in [1.82, 2.24) is 20.1 Å². The molecule has 0 unspecified atom stereocenters. The minimum absolute atomic E-state index is 0.0221. The third-order valence-electron chi connectivity index (χ3n) is 9.36. The number of aromatic nitrogens is 1. The second kappa shape index (κ2) is 10.1. The van der Waals surface area contributed by atoms with Crippen LogP contribution in [0.25, 0.3) is 4.85 Å². The van der Waals surface area contributed by atoms with Crippen LogP contribution in [0.1, 0.15) is 62.3 Å². The van der Waals surface area contributed by atoms with E-state index >= 15 is 0 Å². The van der Waals surface area contributed by atoms with Crippen LogP contribution in [-0.2, 0) is 6.54 Å². The molecular formula is C32H36ClN5O2. The molecule has 1 N–H and O–H groups in total. The summed E-state index contributed by atoms with van der Waals surface area (Å²) in [5, 5.41) is 3.74. The first-order chi connectivity index (χ1) is 19.1. The molecule has 0 atom stereocenters. The van der Waals surface area contributed by atoms with Crippen LogP contribution in [0.4, 0.5) is 5.69 Å². The molecule has 8 heteroatoms. The summed E-state index contributed by atoms with van der Waals surface area (Å²) < 4.78 is 6.44. The number of halogens is 1. The number of benzene rings is 1. The summed E-state index contributed by atoms with van der Waals surface area (Å²) in [5.74, 6) is 7.83. The molecule has 40 heavy (non-hydrogen) atoms. The molecule has 1 aliphatic carbocycles. The summed E-state index contributed by atoms with van der Waals surface area (Å²) in [7, 11) is 0. The van der Waals surface area contributed by atoms with E-state index in [-0.39, 0.29) is 28.9 Å². The molecule has 0 spiro atoms. The van der Waals surface area contributed by atoms with Gasteiger partial charge in [-0.1, -0.05) is 51.3 Å². The van der Waals surface area contributed by atoms with Gasteiger partial charge in [-0.3, -0.25) is 9.69 Å². The highest BCUT2D eigenvalue weighted by atomic mass is 35.5. The summed E-state index contributed by atoms with van der Waals surface area (Å²) >= 11 is 6.26. The molecule has 2 saturated heterocycles. The first-order valence-electron chi connectivity index (χ1n) is 14.2. The number of hydrogen-bond donors (Lipinski definition) is 1. The van der Waals surface area contributed by atoms with Gasteiger partial charge in [-0.15, -0.1) is 0 Å². The average molecular weight is 558 g/mol. The van der Waals surface area contributed by atoms with Gasteiger partial charge in [0.15, 0.2) is 0 Å². The third-order valence-corrected chi connectivity index (χ3v) is 9.66. The third kappa shape index (κ3) is 4.55. The molecule has 208 valence electrons. The van der Waals surface area contributed by atoms with Crippen LogP contribution < -0.4 is 10.1 Å². The summed E-state index contributed by atoms with van der Waals surface area (Å²) in [6.07, 6.45) is 2.06. The maximum Gasteiger partial charge on any atom is 0.256 e. The van der Waals surface area contributed by atoms with Crippen molar-refractivity contribution in [3.63, 3.8) is 0 Å². The van der Waals surface area contributed by atoms with E-state index < -0.39 is 0 Å². The van der Waals surface area contributed by atoms with Gasteiger partial charge in [-0.2, -0.15) is 0 Å². The Balaban J connectivity index is 1.13. The van der Waals surface area contributed by atoms with E-state index in [2.05, 4.69) is 54.6 Å². The van der Waals surface area contributed by atoms with Crippen LogP contribution in [0.3, 0.4) is 0 Å². The van der Waals surface area contributed by atoms with Gasteiger partial charge in [0.1, 0.15) is 17.5 Å². The molecule has 6 rings (SSSR count). The number of nitrogens with one attached hydrogen (secondary N) is 1. The molecule has 4 aliphatic rings. The second-order valence-electron chi connectivity index (χ2n) is 12.8. The van der Waals surface area contributed by atoms with Crippen molar-refractivity contribution in [2.75, 3.05) is 26.2 Å². The SMILES string of the molecule is [C-]#[N+]c1ccc(OC2C(C)(C)C(N3Cc4nc(C#CC5CCN(C6CNC6)CC5)ccc4C3=O)C2(C)C)cc1Cl. The fraction of sp³-hybridized carbons (Fsp3) is 0.531. The van der Waals surface area contributed by atoms with Gasteiger partial charge >= 0.3 is 0 Å². The van der Waals surface area contributed by atoms with Crippen molar-refractivity contribution in [3.05, 3.63) is 63.7 Å². The van der Waals surface area contributed by atoms with Crippen LogP contribution in [-0.4, -0.2) is 65.1 Å². The van der Waals surface area contributed by atoms with E-state index in [0.717, 1.165) is 50.4 Å². The lowest BCUT2D eigenvalue weighted by molar-refractivity contribution is -0.199. The molecule has 0 bridgehead atoms. The van der Waals surface area contributed by atoms with Gasteiger partial charge in [-0.05, 0) is 56.1 Å².